The van der Waals surface area contributed by atoms with Crippen molar-refractivity contribution in [3.8, 4) is 0 Å². The minimum Gasteiger partial charge on any atom is -0.390 e. The average molecular weight is 546 g/mol. The van der Waals surface area contributed by atoms with Gasteiger partial charge >= 0.3 is 0 Å². The molecule has 8 heteroatoms. The molecule has 0 aliphatic rings. The molecule has 0 saturated heterocycles. The Kier molecular flexibility index (Phi) is 12.1. The van der Waals surface area contributed by atoms with E-state index in [1.165, 1.54) is 12.1 Å². The molecule has 216 valence electrons. The molecule has 39 heavy (non-hydrogen) atoms. The maximum Gasteiger partial charge on any atom is 0.253 e. The minimum atomic E-state index is -1.13. The fraction of sp³-hybridized carbons (Fsp3) is 0.548. The molecule has 0 saturated carbocycles. The molecule has 0 unspecified atom stereocenters. The molecule has 0 spiro atoms. The molecule has 2 amide bonds. The zero-order chi connectivity index (χ0) is 29.3. The van der Waals surface area contributed by atoms with Gasteiger partial charge in [0, 0.05) is 49.4 Å². The number of carbonyl (C=O) groups excluding carboxylic acids is 2. The largest absolute Gasteiger partial charge is 0.390 e. The van der Waals surface area contributed by atoms with Crippen molar-refractivity contribution < 1.29 is 23.5 Å². The molecule has 0 fully saturated rings. The topological polar surface area (TPSA) is 86.9 Å². The molecule has 6 nitrogen and oxygen atoms in total. The van der Waals surface area contributed by atoms with Gasteiger partial charge in [-0.25, -0.2) is 8.78 Å². The van der Waals surface area contributed by atoms with Gasteiger partial charge in [-0.2, -0.15) is 0 Å². The Labute approximate surface area is 232 Å². The SMILES string of the molecule is CCCN(CCC)C(=O)c1cc(C)cc(C(=O)N(CCC(C)(C)C)C[C@@H](O)[C@@H](N)Cc2cc(F)cc(F)c2)c1. The van der Waals surface area contributed by atoms with Gasteiger partial charge in [0.25, 0.3) is 11.8 Å². The van der Waals surface area contributed by atoms with Crippen LogP contribution in [0.15, 0.2) is 36.4 Å². The second kappa shape index (κ2) is 14.5. The van der Waals surface area contributed by atoms with Gasteiger partial charge in [-0.3, -0.25) is 9.59 Å². The van der Waals surface area contributed by atoms with Crippen LogP contribution in [0.25, 0.3) is 0 Å². The van der Waals surface area contributed by atoms with Crippen molar-refractivity contribution in [2.24, 2.45) is 11.1 Å². The number of benzene rings is 2. The van der Waals surface area contributed by atoms with Gasteiger partial charge in [0.1, 0.15) is 11.6 Å². The van der Waals surface area contributed by atoms with Crippen LogP contribution < -0.4 is 5.73 Å². The Bertz CT molecular complexity index is 1090. The van der Waals surface area contributed by atoms with E-state index < -0.39 is 23.8 Å². The monoisotopic (exact) mass is 545 g/mol. The highest BCUT2D eigenvalue weighted by Gasteiger charge is 2.26. The van der Waals surface area contributed by atoms with Crippen molar-refractivity contribution in [3.63, 3.8) is 0 Å². The fourth-order valence-electron chi connectivity index (χ4n) is 4.49. The predicted molar refractivity (Wildman–Crippen MR) is 152 cm³/mol. The zero-order valence-corrected chi connectivity index (χ0v) is 24.3. The standard InChI is InChI=1S/C31H45F2N3O3/c1-7-10-35(11-8-2)29(38)23-13-21(3)14-24(18-23)30(39)36(12-9-31(4,5)6)20-28(37)27(34)17-22-15-25(32)19-26(33)16-22/h13-16,18-19,27-28,37H,7-12,17,20,34H2,1-6H3/t27-,28+/m0/s1. The molecule has 0 heterocycles. The number of aliphatic hydroxyl groups excluding tert-OH is 1. The van der Waals surface area contributed by atoms with Crippen LogP contribution in [0.1, 0.15) is 85.7 Å². The summed E-state index contributed by atoms with van der Waals surface area (Å²) in [7, 11) is 0. The Hall–Kier alpha value is -2.84. The summed E-state index contributed by atoms with van der Waals surface area (Å²) in [5.74, 6) is -1.84. The molecule has 0 aliphatic heterocycles. The predicted octanol–water partition coefficient (Wildman–Crippen LogP) is 5.34. The van der Waals surface area contributed by atoms with Gasteiger partial charge in [-0.1, -0.05) is 34.6 Å². The molecule has 0 aliphatic carbocycles. The molecule has 0 aromatic heterocycles. The number of aryl methyl sites for hydroxylation is 1. The summed E-state index contributed by atoms with van der Waals surface area (Å²) in [5.41, 5.74) is 8.09. The number of hydrogen-bond donors (Lipinski definition) is 2. The van der Waals surface area contributed by atoms with Crippen LogP contribution in [0, 0.1) is 24.0 Å². The van der Waals surface area contributed by atoms with Crippen LogP contribution in [-0.4, -0.2) is 65.0 Å². The highest BCUT2D eigenvalue weighted by Crippen LogP contribution is 2.22. The third-order valence-corrected chi connectivity index (χ3v) is 6.56. The van der Waals surface area contributed by atoms with Crippen LogP contribution in [0.4, 0.5) is 8.78 Å². The summed E-state index contributed by atoms with van der Waals surface area (Å²) in [6.07, 6.45) is 1.27. The first kappa shape index (κ1) is 32.4. The van der Waals surface area contributed by atoms with E-state index in [9.17, 15) is 23.5 Å². The number of carbonyl (C=O) groups is 2. The van der Waals surface area contributed by atoms with E-state index in [1.807, 2.05) is 20.8 Å². The Morgan fingerprint density at radius 2 is 1.38 bits per heavy atom. The van der Waals surface area contributed by atoms with Gasteiger partial charge in [-0.05, 0) is 79.5 Å². The molecule has 2 aromatic carbocycles. The van der Waals surface area contributed by atoms with E-state index in [2.05, 4.69) is 20.8 Å². The normalized spacial score (nSPS) is 13.2. The highest BCUT2D eigenvalue weighted by atomic mass is 19.1. The number of halogens is 2. The average Bonchev–Trinajstić information content (AvgIpc) is 2.83. The van der Waals surface area contributed by atoms with E-state index in [0.29, 0.717) is 42.7 Å². The van der Waals surface area contributed by atoms with E-state index in [0.717, 1.165) is 24.5 Å². The first-order valence-electron chi connectivity index (χ1n) is 13.8. The van der Waals surface area contributed by atoms with Crippen molar-refractivity contribution >= 4 is 11.8 Å². The summed E-state index contributed by atoms with van der Waals surface area (Å²) in [5, 5.41) is 10.9. The lowest BCUT2D eigenvalue weighted by atomic mass is 9.91. The van der Waals surface area contributed by atoms with Gasteiger partial charge < -0.3 is 20.6 Å². The summed E-state index contributed by atoms with van der Waals surface area (Å²) in [6, 6.07) is 7.47. The van der Waals surface area contributed by atoms with Crippen molar-refractivity contribution in [2.45, 2.75) is 79.4 Å². The van der Waals surface area contributed by atoms with Crippen LogP contribution in [-0.2, 0) is 6.42 Å². The summed E-state index contributed by atoms with van der Waals surface area (Å²) in [4.78, 5) is 30.4. The Morgan fingerprint density at radius 1 is 0.872 bits per heavy atom. The van der Waals surface area contributed by atoms with E-state index in [-0.39, 0.29) is 30.2 Å². The number of nitrogens with two attached hydrogens (primary N) is 1. The number of rotatable bonds is 13. The molecule has 0 bridgehead atoms. The maximum absolute atomic E-state index is 13.8. The lowest BCUT2D eigenvalue weighted by Crippen LogP contribution is -2.47. The first-order valence-corrected chi connectivity index (χ1v) is 13.8. The van der Waals surface area contributed by atoms with Gasteiger partial charge in [0.2, 0.25) is 0 Å². The van der Waals surface area contributed by atoms with Crippen LogP contribution >= 0.6 is 0 Å². The van der Waals surface area contributed by atoms with Crippen LogP contribution in [0.5, 0.6) is 0 Å². The van der Waals surface area contributed by atoms with Crippen LogP contribution in [0.3, 0.4) is 0 Å². The van der Waals surface area contributed by atoms with Crippen molar-refractivity contribution in [2.75, 3.05) is 26.2 Å². The smallest absolute Gasteiger partial charge is 0.253 e. The number of aliphatic hydroxyl groups is 1. The second-order valence-corrected chi connectivity index (χ2v) is 11.7. The molecule has 2 aromatic rings. The zero-order valence-electron chi connectivity index (χ0n) is 24.3. The molecular weight excluding hydrogens is 500 g/mol. The quantitative estimate of drug-likeness (QED) is 0.356. The third-order valence-electron chi connectivity index (χ3n) is 6.56. The molecule has 0 radical (unpaired) electrons. The Balaban J connectivity index is 2.30. The summed E-state index contributed by atoms with van der Waals surface area (Å²) in [6.45, 7) is 13.7. The fourth-order valence-corrected chi connectivity index (χ4v) is 4.49. The maximum atomic E-state index is 13.8. The van der Waals surface area contributed by atoms with Crippen molar-refractivity contribution in [1.29, 1.82) is 0 Å². The molecule has 2 rings (SSSR count). The lowest BCUT2D eigenvalue weighted by molar-refractivity contribution is 0.0548. The molecule has 3 N–H and O–H groups in total. The first-order chi connectivity index (χ1) is 18.2. The molecular formula is C31H45F2N3O3. The number of amides is 2. The van der Waals surface area contributed by atoms with Crippen molar-refractivity contribution in [3.05, 3.63) is 70.3 Å². The van der Waals surface area contributed by atoms with Crippen LogP contribution in [0.2, 0.25) is 0 Å². The van der Waals surface area contributed by atoms with Gasteiger partial charge in [0.15, 0.2) is 0 Å². The minimum absolute atomic E-state index is 0.0466. The molecule has 2 atom stereocenters. The third kappa shape index (κ3) is 10.3. The lowest BCUT2D eigenvalue weighted by Gasteiger charge is -2.31. The summed E-state index contributed by atoms with van der Waals surface area (Å²) >= 11 is 0. The highest BCUT2D eigenvalue weighted by molar-refractivity contribution is 6.00. The van der Waals surface area contributed by atoms with Gasteiger partial charge in [-0.15, -0.1) is 0 Å². The van der Waals surface area contributed by atoms with E-state index in [4.69, 9.17) is 5.73 Å². The van der Waals surface area contributed by atoms with E-state index in [1.54, 1.807) is 28.0 Å². The summed E-state index contributed by atoms with van der Waals surface area (Å²) < 4.78 is 27.3. The number of nitrogens with zero attached hydrogens (tertiary/aromatic N) is 2. The number of hydrogen-bond acceptors (Lipinski definition) is 4. The second-order valence-electron chi connectivity index (χ2n) is 11.7. The Morgan fingerprint density at radius 3 is 1.87 bits per heavy atom. The van der Waals surface area contributed by atoms with E-state index >= 15 is 0 Å². The van der Waals surface area contributed by atoms with Crippen molar-refractivity contribution in [1.82, 2.24) is 9.80 Å². The van der Waals surface area contributed by atoms with Gasteiger partial charge in [0.05, 0.1) is 6.10 Å².